The molecule has 1 N–H and O–H groups in total. The standard InChI is InChI=1S/C31H32FNO4/c1-20-25(6-5-7-26(20)32)31(29(34)36-18-21-8-11-24(35-4)12-9-21)15-14-23(17-31)22-10-13-28-27(16-22)33-19-30(2,3)37-28/h5-13,16-17,33H,14-15,18-19H2,1-4H3. The van der Waals surface area contributed by atoms with Crippen LogP contribution in [0.1, 0.15) is 48.9 Å². The smallest absolute Gasteiger partial charge is 0.320 e. The van der Waals surface area contributed by atoms with Gasteiger partial charge in [-0.15, -0.1) is 0 Å². The number of carbonyl (C=O) groups excluding carboxylic acids is 1. The number of hydrogen-bond donors (Lipinski definition) is 1. The van der Waals surface area contributed by atoms with Crippen molar-refractivity contribution < 1.29 is 23.4 Å². The van der Waals surface area contributed by atoms with Crippen LogP contribution < -0.4 is 14.8 Å². The molecular weight excluding hydrogens is 469 g/mol. The number of esters is 1. The lowest BCUT2D eigenvalue weighted by atomic mass is 9.77. The zero-order valence-corrected chi connectivity index (χ0v) is 21.7. The summed E-state index contributed by atoms with van der Waals surface area (Å²) in [6.07, 6.45) is 3.14. The van der Waals surface area contributed by atoms with Crippen molar-refractivity contribution in [1.29, 1.82) is 0 Å². The molecule has 1 aliphatic heterocycles. The Kier molecular flexibility index (Phi) is 6.44. The van der Waals surface area contributed by atoms with Crippen LogP contribution in [0.15, 0.2) is 66.7 Å². The molecule has 6 heteroatoms. The Balaban J connectivity index is 1.48. The number of hydrogen-bond acceptors (Lipinski definition) is 5. The Morgan fingerprint density at radius 3 is 2.65 bits per heavy atom. The highest BCUT2D eigenvalue weighted by molar-refractivity contribution is 5.92. The van der Waals surface area contributed by atoms with Gasteiger partial charge >= 0.3 is 5.97 Å². The van der Waals surface area contributed by atoms with Gasteiger partial charge in [0, 0.05) is 0 Å². The summed E-state index contributed by atoms with van der Waals surface area (Å²) >= 11 is 0. The lowest BCUT2D eigenvalue weighted by Crippen LogP contribution is -2.39. The number of halogens is 1. The third kappa shape index (κ3) is 4.80. The van der Waals surface area contributed by atoms with Crippen LogP contribution in [0.4, 0.5) is 10.1 Å². The maximum absolute atomic E-state index is 14.7. The van der Waals surface area contributed by atoms with Gasteiger partial charge in [0.25, 0.3) is 0 Å². The van der Waals surface area contributed by atoms with Crippen molar-refractivity contribution in [3.63, 3.8) is 0 Å². The molecule has 37 heavy (non-hydrogen) atoms. The van der Waals surface area contributed by atoms with Crippen LogP contribution in [-0.2, 0) is 21.6 Å². The van der Waals surface area contributed by atoms with E-state index in [1.54, 1.807) is 20.1 Å². The van der Waals surface area contributed by atoms with Crippen LogP contribution >= 0.6 is 0 Å². The molecule has 0 aromatic heterocycles. The highest BCUT2D eigenvalue weighted by Gasteiger charge is 2.45. The fourth-order valence-electron chi connectivity index (χ4n) is 5.17. The second-order valence-corrected chi connectivity index (χ2v) is 10.4. The van der Waals surface area contributed by atoms with Crippen LogP contribution in [-0.4, -0.2) is 25.2 Å². The van der Waals surface area contributed by atoms with Gasteiger partial charge in [-0.1, -0.05) is 36.4 Å². The second kappa shape index (κ2) is 9.58. The zero-order chi connectivity index (χ0) is 26.2. The topological polar surface area (TPSA) is 56.8 Å². The van der Waals surface area contributed by atoms with E-state index in [2.05, 4.69) is 11.4 Å². The molecule has 0 bridgehead atoms. The molecule has 0 radical (unpaired) electrons. The van der Waals surface area contributed by atoms with E-state index in [-0.39, 0.29) is 24.0 Å². The van der Waals surface area contributed by atoms with Crippen molar-refractivity contribution in [2.24, 2.45) is 0 Å². The summed E-state index contributed by atoms with van der Waals surface area (Å²) < 4.78 is 31.8. The van der Waals surface area contributed by atoms with E-state index in [0.29, 0.717) is 30.5 Å². The number of allylic oxidation sites excluding steroid dienone is 1. The Labute approximate surface area is 217 Å². The summed E-state index contributed by atoms with van der Waals surface area (Å²) in [5.41, 5.74) is 3.57. The van der Waals surface area contributed by atoms with Gasteiger partial charge in [-0.3, -0.25) is 4.79 Å². The fraction of sp³-hybridized carbons (Fsp3) is 0.323. The minimum Gasteiger partial charge on any atom is -0.497 e. The third-order valence-corrected chi connectivity index (χ3v) is 7.29. The van der Waals surface area contributed by atoms with Gasteiger partial charge < -0.3 is 19.5 Å². The molecule has 5 nitrogen and oxygen atoms in total. The Morgan fingerprint density at radius 2 is 1.89 bits per heavy atom. The first-order valence-electron chi connectivity index (χ1n) is 12.6. The van der Waals surface area contributed by atoms with Gasteiger partial charge in [-0.25, -0.2) is 4.39 Å². The minimum atomic E-state index is -1.07. The first-order valence-corrected chi connectivity index (χ1v) is 12.6. The van der Waals surface area contributed by atoms with E-state index < -0.39 is 5.41 Å². The Bertz CT molecular complexity index is 1360. The molecule has 3 aromatic rings. The first kappa shape index (κ1) is 24.9. The summed E-state index contributed by atoms with van der Waals surface area (Å²) in [5.74, 6) is 0.830. The molecule has 1 aliphatic carbocycles. The van der Waals surface area contributed by atoms with Gasteiger partial charge in [0.1, 0.15) is 34.9 Å². The van der Waals surface area contributed by atoms with Crippen molar-refractivity contribution in [1.82, 2.24) is 0 Å². The van der Waals surface area contributed by atoms with E-state index >= 15 is 0 Å². The molecule has 192 valence electrons. The predicted octanol–water partition coefficient (Wildman–Crippen LogP) is 6.58. The van der Waals surface area contributed by atoms with Crippen LogP contribution in [0.5, 0.6) is 11.5 Å². The summed E-state index contributed by atoms with van der Waals surface area (Å²) in [6.45, 7) is 6.63. The van der Waals surface area contributed by atoms with Crippen molar-refractivity contribution in [2.75, 3.05) is 19.0 Å². The molecule has 1 atom stereocenters. The molecule has 3 aromatic carbocycles. The van der Waals surface area contributed by atoms with Gasteiger partial charge in [-0.05, 0) is 91.8 Å². The lowest BCUT2D eigenvalue weighted by Gasteiger charge is -2.33. The normalized spacial score (nSPS) is 19.8. The number of benzene rings is 3. The number of rotatable bonds is 6. The molecule has 0 fully saturated rings. The molecule has 0 amide bonds. The van der Waals surface area contributed by atoms with Crippen LogP contribution in [0.25, 0.3) is 5.57 Å². The van der Waals surface area contributed by atoms with Gasteiger partial charge in [0.15, 0.2) is 0 Å². The summed E-state index contributed by atoms with van der Waals surface area (Å²) in [7, 11) is 1.61. The highest BCUT2D eigenvalue weighted by Crippen LogP contribution is 2.46. The molecule has 0 spiro atoms. The van der Waals surface area contributed by atoms with Crippen molar-refractivity contribution >= 4 is 17.2 Å². The van der Waals surface area contributed by atoms with Gasteiger partial charge in [-0.2, -0.15) is 0 Å². The van der Waals surface area contributed by atoms with E-state index in [0.717, 1.165) is 33.9 Å². The maximum Gasteiger partial charge on any atom is 0.320 e. The molecule has 0 saturated carbocycles. The quantitative estimate of drug-likeness (QED) is 0.387. The minimum absolute atomic E-state index is 0.123. The third-order valence-electron chi connectivity index (χ3n) is 7.29. The maximum atomic E-state index is 14.7. The highest BCUT2D eigenvalue weighted by atomic mass is 19.1. The first-order chi connectivity index (χ1) is 17.7. The van der Waals surface area contributed by atoms with Crippen molar-refractivity contribution in [3.8, 4) is 11.5 Å². The van der Waals surface area contributed by atoms with Gasteiger partial charge in [0.05, 0.1) is 19.3 Å². The van der Waals surface area contributed by atoms with Crippen molar-refractivity contribution in [3.05, 3.63) is 94.8 Å². The van der Waals surface area contributed by atoms with Crippen LogP contribution in [0.2, 0.25) is 0 Å². The van der Waals surface area contributed by atoms with E-state index in [1.807, 2.05) is 62.4 Å². The number of anilines is 1. The Morgan fingerprint density at radius 1 is 1.11 bits per heavy atom. The zero-order valence-electron chi connectivity index (χ0n) is 21.7. The Hall–Kier alpha value is -3.80. The number of nitrogens with one attached hydrogen (secondary N) is 1. The fourth-order valence-corrected chi connectivity index (χ4v) is 5.17. The molecular formula is C31H32FNO4. The molecule has 2 aliphatic rings. The number of fused-ring (bicyclic) bond motifs is 1. The number of carbonyl (C=O) groups is 1. The number of ether oxygens (including phenoxy) is 3. The van der Waals surface area contributed by atoms with Gasteiger partial charge in [0.2, 0.25) is 0 Å². The molecule has 1 unspecified atom stereocenters. The average molecular weight is 502 g/mol. The monoisotopic (exact) mass is 501 g/mol. The lowest BCUT2D eigenvalue weighted by molar-refractivity contribution is -0.150. The summed E-state index contributed by atoms with van der Waals surface area (Å²) in [4.78, 5) is 13.8. The van der Waals surface area contributed by atoms with Crippen molar-refractivity contribution in [2.45, 2.75) is 51.2 Å². The molecule has 1 heterocycles. The predicted molar refractivity (Wildman–Crippen MR) is 142 cm³/mol. The second-order valence-electron chi connectivity index (χ2n) is 10.4. The molecule has 5 rings (SSSR count). The van der Waals surface area contributed by atoms with E-state index in [9.17, 15) is 9.18 Å². The SMILES string of the molecule is COc1ccc(COC(=O)C2(c3cccc(F)c3C)C=C(c3ccc4c(c3)NCC(C)(C)O4)CC2)cc1. The van der Waals surface area contributed by atoms with Crippen LogP contribution in [0, 0.1) is 12.7 Å². The van der Waals surface area contributed by atoms with E-state index in [4.69, 9.17) is 14.2 Å². The van der Waals surface area contributed by atoms with Crippen LogP contribution in [0.3, 0.4) is 0 Å². The summed E-state index contributed by atoms with van der Waals surface area (Å²) in [5, 5.41) is 3.45. The average Bonchev–Trinajstić information content (AvgIpc) is 3.35. The molecule has 0 saturated heterocycles. The largest absolute Gasteiger partial charge is 0.497 e. The number of methoxy groups -OCH3 is 1. The summed E-state index contributed by atoms with van der Waals surface area (Å²) in [6, 6.07) is 18.4. The van der Waals surface area contributed by atoms with E-state index in [1.165, 1.54) is 6.07 Å².